The molecule has 1 heterocycles. The molecule has 0 spiro atoms. The number of rotatable bonds is 10. The lowest BCUT2D eigenvalue weighted by Gasteiger charge is -2.22. The number of benzene rings is 2. The van der Waals surface area contributed by atoms with Gasteiger partial charge in [-0.05, 0) is 23.3 Å². The molecule has 2 aromatic carbocycles. The summed E-state index contributed by atoms with van der Waals surface area (Å²) in [6.07, 6.45) is 1.49. The molecule has 0 radical (unpaired) electrons. The minimum Gasteiger partial charge on any atom is -0.383 e. The number of hydrogen-bond donors (Lipinski definition) is 0. The highest BCUT2D eigenvalue weighted by atomic mass is 32.2. The van der Waals surface area contributed by atoms with Crippen LogP contribution in [0.3, 0.4) is 0 Å². The van der Waals surface area contributed by atoms with Gasteiger partial charge in [0.15, 0.2) is 0 Å². The Labute approximate surface area is 187 Å². The quantitative estimate of drug-likeness (QED) is 0.466. The van der Waals surface area contributed by atoms with E-state index < -0.39 is 15.7 Å². The van der Waals surface area contributed by atoms with Gasteiger partial charge in [0.05, 0.1) is 37.3 Å². The summed E-state index contributed by atoms with van der Waals surface area (Å²) in [6, 6.07) is 14.8. The molecule has 0 saturated carbocycles. The summed E-state index contributed by atoms with van der Waals surface area (Å²) in [7, 11) is -2.27. The van der Waals surface area contributed by atoms with Crippen molar-refractivity contribution in [1.29, 1.82) is 0 Å². The van der Waals surface area contributed by atoms with Crippen LogP contribution in [0.15, 0.2) is 66.0 Å². The fraction of sp³-hybridized carbons (Fsp3) is 0.304. The van der Waals surface area contributed by atoms with Gasteiger partial charge < -0.3 is 14.2 Å². The maximum absolute atomic E-state index is 13.2. The van der Waals surface area contributed by atoms with Crippen LogP contribution in [-0.2, 0) is 38.2 Å². The zero-order chi connectivity index (χ0) is 23.1. The smallest absolute Gasteiger partial charge is 0.228 e. The van der Waals surface area contributed by atoms with Crippen molar-refractivity contribution in [3.63, 3.8) is 0 Å². The standard InChI is InChI=1S/C23H26FN3O4S/c1-18(28)26(12-13-31-2)16-22-14-25-23(27(22)15-19-6-4-3-5-7-19)32(29,30)17-20-8-10-21(24)11-9-20/h3-11,14H,12-13,15-17H2,1-2H3. The summed E-state index contributed by atoms with van der Waals surface area (Å²) in [5, 5.41) is -0.0871. The van der Waals surface area contributed by atoms with Crippen LogP contribution in [0.4, 0.5) is 4.39 Å². The lowest BCUT2D eigenvalue weighted by Crippen LogP contribution is -2.32. The Morgan fingerprint density at radius 3 is 2.41 bits per heavy atom. The molecule has 0 aliphatic rings. The highest BCUT2D eigenvalue weighted by Gasteiger charge is 2.25. The minimum absolute atomic E-state index is 0.0871. The average Bonchev–Trinajstić information content (AvgIpc) is 3.16. The molecule has 0 unspecified atom stereocenters. The lowest BCUT2D eigenvalue weighted by molar-refractivity contribution is -0.130. The Bertz CT molecular complexity index is 1150. The van der Waals surface area contributed by atoms with E-state index in [1.165, 1.54) is 37.4 Å². The average molecular weight is 460 g/mol. The van der Waals surface area contributed by atoms with E-state index >= 15 is 0 Å². The second-order valence-electron chi connectivity index (χ2n) is 7.42. The number of methoxy groups -OCH3 is 1. The van der Waals surface area contributed by atoms with Gasteiger partial charge >= 0.3 is 0 Å². The van der Waals surface area contributed by atoms with E-state index in [1.54, 1.807) is 16.6 Å². The molecule has 9 heteroatoms. The van der Waals surface area contributed by atoms with Crippen LogP contribution in [-0.4, -0.2) is 49.0 Å². The highest BCUT2D eigenvalue weighted by molar-refractivity contribution is 7.90. The molecule has 1 aromatic heterocycles. The Morgan fingerprint density at radius 2 is 1.78 bits per heavy atom. The molecule has 170 valence electrons. The van der Waals surface area contributed by atoms with Gasteiger partial charge in [-0.3, -0.25) is 4.79 Å². The van der Waals surface area contributed by atoms with Crippen LogP contribution in [0.1, 0.15) is 23.7 Å². The zero-order valence-electron chi connectivity index (χ0n) is 18.1. The molecule has 3 rings (SSSR count). The number of halogens is 1. The third kappa shape index (κ3) is 6.02. The first kappa shape index (κ1) is 23.6. The van der Waals surface area contributed by atoms with Crippen LogP contribution in [0.2, 0.25) is 0 Å². The summed E-state index contributed by atoms with van der Waals surface area (Å²) in [5.74, 6) is -0.886. The molecular formula is C23H26FN3O4S. The number of aromatic nitrogens is 2. The van der Waals surface area contributed by atoms with Gasteiger partial charge in [-0.1, -0.05) is 42.5 Å². The van der Waals surface area contributed by atoms with E-state index in [2.05, 4.69) is 4.98 Å². The number of amides is 1. The van der Waals surface area contributed by atoms with E-state index in [9.17, 15) is 17.6 Å². The minimum atomic E-state index is -3.83. The number of imidazole rings is 1. The van der Waals surface area contributed by atoms with Crippen LogP contribution in [0.25, 0.3) is 0 Å². The molecule has 0 atom stereocenters. The Balaban J connectivity index is 1.97. The van der Waals surface area contributed by atoms with Gasteiger partial charge in [-0.15, -0.1) is 0 Å². The van der Waals surface area contributed by atoms with Crippen LogP contribution < -0.4 is 0 Å². The molecule has 7 nitrogen and oxygen atoms in total. The predicted octanol–water partition coefficient (Wildman–Crippen LogP) is 3.04. The number of nitrogens with zero attached hydrogens (tertiary/aromatic N) is 3. The van der Waals surface area contributed by atoms with Crippen molar-refractivity contribution in [3.05, 3.63) is 83.4 Å². The van der Waals surface area contributed by atoms with Crippen molar-refractivity contribution >= 4 is 15.7 Å². The summed E-state index contributed by atoms with van der Waals surface area (Å²) < 4.78 is 46.4. The van der Waals surface area contributed by atoms with E-state index in [0.717, 1.165) is 5.56 Å². The van der Waals surface area contributed by atoms with Crippen molar-refractivity contribution in [2.75, 3.05) is 20.3 Å². The van der Waals surface area contributed by atoms with Gasteiger partial charge in [-0.2, -0.15) is 0 Å². The summed E-state index contributed by atoms with van der Waals surface area (Å²) in [4.78, 5) is 17.9. The molecule has 1 amide bonds. The molecule has 0 N–H and O–H groups in total. The van der Waals surface area contributed by atoms with E-state index in [4.69, 9.17) is 4.74 Å². The fourth-order valence-corrected chi connectivity index (χ4v) is 4.80. The van der Waals surface area contributed by atoms with Crippen LogP contribution in [0.5, 0.6) is 0 Å². The fourth-order valence-electron chi connectivity index (χ4n) is 3.31. The molecule has 0 aliphatic carbocycles. The highest BCUT2D eigenvalue weighted by Crippen LogP contribution is 2.20. The zero-order valence-corrected chi connectivity index (χ0v) is 18.9. The van der Waals surface area contributed by atoms with Crippen molar-refractivity contribution in [3.8, 4) is 0 Å². The molecular weight excluding hydrogens is 433 g/mol. The number of hydrogen-bond acceptors (Lipinski definition) is 5. The van der Waals surface area contributed by atoms with E-state index in [0.29, 0.717) is 24.4 Å². The molecule has 32 heavy (non-hydrogen) atoms. The third-order valence-electron chi connectivity index (χ3n) is 5.00. The molecule has 3 aromatic rings. The molecule has 0 saturated heterocycles. The number of carbonyl (C=O) groups is 1. The normalized spacial score (nSPS) is 11.5. The van der Waals surface area contributed by atoms with Gasteiger partial charge in [-0.25, -0.2) is 17.8 Å². The molecule has 0 fully saturated rings. The maximum Gasteiger partial charge on any atom is 0.228 e. The first-order valence-electron chi connectivity index (χ1n) is 10.1. The van der Waals surface area contributed by atoms with Crippen molar-refractivity contribution in [2.24, 2.45) is 0 Å². The number of ether oxygens (including phenoxy) is 1. The number of carbonyl (C=O) groups excluding carboxylic acids is 1. The summed E-state index contributed by atoms with van der Waals surface area (Å²) in [5.41, 5.74) is 1.96. The summed E-state index contributed by atoms with van der Waals surface area (Å²) >= 11 is 0. The summed E-state index contributed by atoms with van der Waals surface area (Å²) in [6.45, 7) is 2.68. The largest absolute Gasteiger partial charge is 0.383 e. The third-order valence-corrected chi connectivity index (χ3v) is 6.59. The van der Waals surface area contributed by atoms with Gasteiger partial charge in [0, 0.05) is 20.6 Å². The first-order valence-corrected chi connectivity index (χ1v) is 11.8. The van der Waals surface area contributed by atoms with Gasteiger partial charge in [0.2, 0.25) is 20.9 Å². The lowest BCUT2D eigenvalue weighted by atomic mass is 10.2. The van der Waals surface area contributed by atoms with Crippen molar-refractivity contribution in [1.82, 2.24) is 14.5 Å². The van der Waals surface area contributed by atoms with Crippen LogP contribution in [0, 0.1) is 5.82 Å². The maximum atomic E-state index is 13.2. The molecule has 0 aliphatic heterocycles. The topological polar surface area (TPSA) is 81.5 Å². The second kappa shape index (κ2) is 10.5. The first-order chi connectivity index (χ1) is 15.3. The molecule has 0 bridgehead atoms. The second-order valence-corrected chi connectivity index (χ2v) is 9.31. The Morgan fingerprint density at radius 1 is 1.09 bits per heavy atom. The van der Waals surface area contributed by atoms with E-state index in [1.807, 2.05) is 30.3 Å². The van der Waals surface area contributed by atoms with Crippen molar-refractivity contribution in [2.45, 2.75) is 30.9 Å². The van der Waals surface area contributed by atoms with Crippen molar-refractivity contribution < 1.29 is 22.3 Å². The van der Waals surface area contributed by atoms with E-state index in [-0.39, 0.29) is 29.9 Å². The Hall–Kier alpha value is -3.04. The predicted molar refractivity (Wildman–Crippen MR) is 118 cm³/mol. The Kier molecular flexibility index (Phi) is 7.76. The monoisotopic (exact) mass is 459 g/mol. The van der Waals surface area contributed by atoms with Crippen LogP contribution >= 0.6 is 0 Å². The number of sulfone groups is 1. The SMILES string of the molecule is COCCN(Cc1cnc(S(=O)(=O)Cc2ccc(F)cc2)n1Cc1ccccc1)C(C)=O. The van der Waals surface area contributed by atoms with Gasteiger partial charge in [0.1, 0.15) is 5.82 Å². The van der Waals surface area contributed by atoms with Gasteiger partial charge in [0.25, 0.3) is 0 Å².